The molecule has 9 heteroatoms. The number of anilines is 1. The molecule has 1 aromatic rings. The lowest BCUT2D eigenvalue weighted by Gasteiger charge is -2.11. The fraction of sp³-hybridized carbons (Fsp3) is 0.500. The van der Waals surface area contributed by atoms with Crippen molar-refractivity contribution in [2.45, 2.75) is 17.1 Å². The van der Waals surface area contributed by atoms with Crippen LogP contribution in [0.2, 0.25) is 0 Å². The Kier molecular flexibility index (Phi) is 4.52. The van der Waals surface area contributed by atoms with Gasteiger partial charge in [0.05, 0.1) is 16.4 Å². The Bertz CT molecular complexity index is 699. The average molecular weight is 339 g/mol. The molecule has 1 aliphatic rings. The predicted molar refractivity (Wildman–Crippen MR) is 74.9 cm³/mol. The highest BCUT2D eigenvalue weighted by Crippen LogP contribution is 2.22. The highest BCUT2D eigenvalue weighted by atomic mass is 32.2. The Morgan fingerprint density at radius 2 is 1.86 bits per heavy atom. The molecule has 1 N–H and O–H groups in total. The fourth-order valence-electron chi connectivity index (χ4n) is 2.16. The molecule has 2 rings (SSSR count). The first-order chi connectivity index (χ1) is 9.71. The highest BCUT2D eigenvalue weighted by molar-refractivity contribution is 7.92. The molecule has 1 unspecified atom stereocenters. The van der Waals surface area contributed by atoms with Gasteiger partial charge < -0.3 is 5.32 Å². The number of alkyl halides is 2. The number of sulfone groups is 2. The van der Waals surface area contributed by atoms with Crippen LogP contribution >= 0.6 is 0 Å². The van der Waals surface area contributed by atoms with Crippen molar-refractivity contribution < 1.29 is 25.6 Å². The van der Waals surface area contributed by atoms with E-state index in [1.54, 1.807) is 0 Å². The van der Waals surface area contributed by atoms with E-state index in [4.69, 9.17) is 0 Å². The van der Waals surface area contributed by atoms with Crippen molar-refractivity contribution in [3.8, 4) is 0 Å². The van der Waals surface area contributed by atoms with E-state index < -0.39 is 30.3 Å². The van der Waals surface area contributed by atoms with E-state index in [1.165, 1.54) is 12.1 Å². The SMILES string of the molecule is O=S1(=O)CCC(CNc2ccc(S(=O)(=O)C(F)F)cc2)C1. The molecule has 1 heterocycles. The molecule has 0 radical (unpaired) electrons. The number of halogens is 2. The van der Waals surface area contributed by atoms with Gasteiger partial charge in [0.25, 0.3) is 0 Å². The molecule has 118 valence electrons. The summed E-state index contributed by atoms with van der Waals surface area (Å²) in [6.45, 7) is 0.445. The molecular weight excluding hydrogens is 324 g/mol. The maximum Gasteiger partial charge on any atom is 0.341 e. The van der Waals surface area contributed by atoms with E-state index in [0.29, 0.717) is 18.7 Å². The van der Waals surface area contributed by atoms with Crippen LogP contribution in [-0.4, -0.2) is 40.6 Å². The lowest BCUT2D eigenvalue weighted by molar-refractivity contribution is 0.234. The van der Waals surface area contributed by atoms with E-state index in [1.807, 2.05) is 0 Å². The monoisotopic (exact) mass is 339 g/mol. The van der Waals surface area contributed by atoms with Crippen LogP contribution in [0.1, 0.15) is 6.42 Å². The second-order valence-corrected chi connectivity index (χ2v) is 9.13. The maximum absolute atomic E-state index is 12.4. The van der Waals surface area contributed by atoms with Crippen molar-refractivity contribution >= 4 is 25.4 Å². The molecule has 0 bridgehead atoms. The van der Waals surface area contributed by atoms with Gasteiger partial charge in [-0.3, -0.25) is 0 Å². The van der Waals surface area contributed by atoms with Gasteiger partial charge in [-0.05, 0) is 36.6 Å². The summed E-state index contributed by atoms with van der Waals surface area (Å²) in [6, 6.07) is 4.99. The van der Waals surface area contributed by atoms with Crippen molar-refractivity contribution in [3.63, 3.8) is 0 Å². The second kappa shape index (κ2) is 5.88. The molecule has 1 fully saturated rings. The smallest absolute Gasteiger partial charge is 0.341 e. The third kappa shape index (κ3) is 3.91. The van der Waals surface area contributed by atoms with Crippen molar-refractivity contribution in [2.75, 3.05) is 23.4 Å². The lowest BCUT2D eigenvalue weighted by atomic mass is 10.1. The molecule has 0 amide bonds. The van der Waals surface area contributed by atoms with Gasteiger partial charge in [-0.25, -0.2) is 16.8 Å². The van der Waals surface area contributed by atoms with E-state index in [2.05, 4.69) is 5.32 Å². The molecule has 1 atom stereocenters. The van der Waals surface area contributed by atoms with Gasteiger partial charge >= 0.3 is 5.76 Å². The standard InChI is InChI=1S/C12H15F2NO4S2/c13-12(14)21(18,19)11-3-1-10(2-4-11)15-7-9-5-6-20(16,17)8-9/h1-4,9,12,15H,5-8H2. The molecule has 1 aliphatic heterocycles. The first kappa shape index (κ1) is 16.2. The van der Waals surface area contributed by atoms with Crippen LogP contribution in [0.5, 0.6) is 0 Å². The second-order valence-electron chi connectivity index (χ2n) is 4.98. The summed E-state index contributed by atoms with van der Waals surface area (Å²) in [4.78, 5) is -0.438. The summed E-state index contributed by atoms with van der Waals surface area (Å²) in [6.07, 6.45) is 0.590. The van der Waals surface area contributed by atoms with Gasteiger partial charge in [-0.15, -0.1) is 0 Å². The van der Waals surface area contributed by atoms with Crippen LogP contribution in [0.4, 0.5) is 14.5 Å². The van der Waals surface area contributed by atoms with Crippen LogP contribution in [0.25, 0.3) is 0 Å². The number of nitrogens with one attached hydrogen (secondary N) is 1. The zero-order chi connectivity index (χ0) is 15.7. The summed E-state index contributed by atoms with van der Waals surface area (Å²) in [5.74, 6) is -3.11. The van der Waals surface area contributed by atoms with Crippen molar-refractivity contribution in [3.05, 3.63) is 24.3 Å². The number of benzene rings is 1. The average Bonchev–Trinajstić information content (AvgIpc) is 2.76. The summed E-state index contributed by atoms with van der Waals surface area (Å²) < 4.78 is 69.8. The minimum absolute atomic E-state index is 0.0134. The number of hydrogen-bond acceptors (Lipinski definition) is 5. The zero-order valence-electron chi connectivity index (χ0n) is 11.0. The minimum atomic E-state index is -4.58. The van der Waals surface area contributed by atoms with Crippen LogP contribution in [0.3, 0.4) is 0 Å². The minimum Gasteiger partial charge on any atom is -0.385 e. The number of hydrogen-bond donors (Lipinski definition) is 1. The molecule has 1 saturated heterocycles. The van der Waals surface area contributed by atoms with Crippen LogP contribution < -0.4 is 5.32 Å². The summed E-state index contributed by atoms with van der Waals surface area (Å²) in [5.41, 5.74) is 0.563. The largest absolute Gasteiger partial charge is 0.385 e. The quantitative estimate of drug-likeness (QED) is 0.880. The molecule has 0 spiro atoms. The Morgan fingerprint density at radius 1 is 1.24 bits per heavy atom. The Hall–Kier alpha value is -1.22. The Balaban J connectivity index is 1.98. The van der Waals surface area contributed by atoms with Gasteiger partial charge in [-0.1, -0.05) is 0 Å². The topological polar surface area (TPSA) is 80.3 Å². The highest BCUT2D eigenvalue weighted by Gasteiger charge is 2.28. The van der Waals surface area contributed by atoms with Crippen molar-refractivity contribution in [1.29, 1.82) is 0 Å². The first-order valence-corrected chi connectivity index (χ1v) is 9.64. The Morgan fingerprint density at radius 3 is 2.33 bits per heavy atom. The van der Waals surface area contributed by atoms with E-state index in [-0.39, 0.29) is 17.4 Å². The van der Waals surface area contributed by atoms with Crippen molar-refractivity contribution in [1.82, 2.24) is 0 Å². The maximum atomic E-state index is 12.4. The van der Waals surface area contributed by atoms with Gasteiger partial charge in [0.15, 0.2) is 9.84 Å². The molecule has 5 nitrogen and oxygen atoms in total. The predicted octanol–water partition coefficient (Wildman–Crippen LogP) is 1.53. The van der Waals surface area contributed by atoms with Crippen LogP contribution in [0, 0.1) is 5.92 Å². The zero-order valence-corrected chi connectivity index (χ0v) is 12.6. The molecule has 0 aromatic heterocycles. The van der Waals surface area contributed by atoms with Crippen LogP contribution in [0.15, 0.2) is 29.2 Å². The first-order valence-electron chi connectivity index (χ1n) is 6.27. The van der Waals surface area contributed by atoms with E-state index in [9.17, 15) is 25.6 Å². The third-order valence-corrected chi connectivity index (χ3v) is 6.57. The summed E-state index contributed by atoms with van der Waals surface area (Å²) >= 11 is 0. The number of rotatable bonds is 5. The molecule has 0 saturated carbocycles. The van der Waals surface area contributed by atoms with Gasteiger partial charge in [0.1, 0.15) is 0 Å². The molecular formula is C12H15F2NO4S2. The summed E-state index contributed by atoms with van der Waals surface area (Å²) in [7, 11) is -7.52. The fourth-order valence-corrected chi connectivity index (χ4v) is 4.74. The molecule has 21 heavy (non-hydrogen) atoms. The van der Waals surface area contributed by atoms with E-state index >= 15 is 0 Å². The Labute approximate surface area is 122 Å². The lowest BCUT2D eigenvalue weighted by Crippen LogP contribution is -2.16. The van der Waals surface area contributed by atoms with Crippen LogP contribution in [-0.2, 0) is 19.7 Å². The normalized spacial score (nSPS) is 21.6. The molecule has 0 aliphatic carbocycles. The van der Waals surface area contributed by atoms with Gasteiger partial charge in [0.2, 0.25) is 9.84 Å². The molecule has 1 aromatic carbocycles. The summed E-state index contributed by atoms with van der Waals surface area (Å²) in [5, 5.41) is 2.99. The van der Waals surface area contributed by atoms with Gasteiger partial charge in [0, 0.05) is 12.2 Å². The van der Waals surface area contributed by atoms with E-state index in [0.717, 1.165) is 12.1 Å². The van der Waals surface area contributed by atoms with Gasteiger partial charge in [-0.2, -0.15) is 8.78 Å². The van der Waals surface area contributed by atoms with Crippen molar-refractivity contribution in [2.24, 2.45) is 5.92 Å². The third-order valence-electron chi connectivity index (χ3n) is 3.34.